The molecule has 2 fully saturated rings. The monoisotopic (exact) mass is 225 g/mol. The molecule has 1 heterocycles. The summed E-state index contributed by atoms with van der Waals surface area (Å²) >= 11 is 0. The van der Waals surface area contributed by atoms with Crippen molar-refractivity contribution in [1.82, 2.24) is 4.90 Å². The predicted octanol–water partition coefficient (Wildman–Crippen LogP) is 1.41. The first kappa shape index (κ1) is 11.7. The molecular formula is C12H23N3O. The molecule has 1 aliphatic heterocycles. The lowest BCUT2D eigenvalue weighted by atomic mass is 9.68. The molecule has 0 aromatic heterocycles. The first-order valence-electron chi connectivity index (χ1n) is 6.26. The van der Waals surface area contributed by atoms with Crippen molar-refractivity contribution in [2.75, 3.05) is 26.8 Å². The van der Waals surface area contributed by atoms with Gasteiger partial charge in [-0.15, -0.1) is 0 Å². The summed E-state index contributed by atoms with van der Waals surface area (Å²) < 4.78 is 5.34. The Morgan fingerprint density at radius 1 is 1.44 bits per heavy atom. The van der Waals surface area contributed by atoms with Crippen molar-refractivity contribution in [2.45, 2.75) is 32.1 Å². The highest BCUT2D eigenvalue weighted by molar-refractivity contribution is 5.75. The lowest BCUT2D eigenvalue weighted by Crippen LogP contribution is -2.37. The minimum Gasteiger partial charge on any atom is -0.384 e. The van der Waals surface area contributed by atoms with Crippen molar-refractivity contribution >= 4 is 5.96 Å². The molecule has 16 heavy (non-hydrogen) atoms. The number of nitrogens with two attached hydrogens (primary N) is 1. The van der Waals surface area contributed by atoms with Crippen molar-refractivity contribution in [3.8, 4) is 0 Å². The number of nitrogens with one attached hydrogen (secondary N) is 1. The second kappa shape index (κ2) is 4.62. The van der Waals surface area contributed by atoms with E-state index in [1.807, 2.05) is 4.90 Å². The minimum absolute atomic E-state index is 0.226. The normalized spacial score (nSPS) is 28.6. The molecular weight excluding hydrogens is 202 g/mol. The molecule has 0 amide bonds. The van der Waals surface area contributed by atoms with Crippen LogP contribution in [0.5, 0.6) is 0 Å². The van der Waals surface area contributed by atoms with Crippen molar-refractivity contribution < 1.29 is 4.74 Å². The van der Waals surface area contributed by atoms with Crippen LogP contribution in [0.3, 0.4) is 0 Å². The Labute approximate surface area is 97.6 Å². The number of ether oxygens (including phenoxy) is 1. The molecule has 1 spiro atoms. The highest BCUT2D eigenvalue weighted by Gasteiger charge is 2.47. The number of guanidine groups is 1. The fourth-order valence-corrected chi connectivity index (χ4v) is 3.47. The maximum atomic E-state index is 7.58. The topological polar surface area (TPSA) is 62.3 Å². The number of likely N-dealkylation sites (tertiary alicyclic amines) is 1. The van der Waals surface area contributed by atoms with Gasteiger partial charge in [-0.25, -0.2) is 0 Å². The van der Waals surface area contributed by atoms with Gasteiger partial charge in [0.25, 0.3) is 0 Å². The molecule has 0 radical (unpaired) electrons. The van der Waals surface area contributed by atoms with Gasteiger partial charge in [0.2, 0.25) is 0 Å². The Bertz CT molecular complexity index is 261. The van der Waals surface area contributed by atoms with Gasteiger partial charge in [-0.3, -0.25) is 5.41 Å². The summed E-state index contributed by atoms with van der Waals surface area (Å²) in [5.74, 6) is 0.783. The fourth-order valence-electron chi connectivity index (χ4n) is 3.47. The third kappa shape index (κ3) is 2.03. The van der Waals surface area contributed by atoms with E-state index >= 15 is 0 Å². The average molecular weight is 225 g/mol. The summed E-state index contributed by atoms with van der Waals surface area (Å²) in [7, 11) is 1.77. The van der Waals surface area contributed by atoms with Gasteiger partial charge < -0.3 is 15.4 Å². The SMILES string of the molecule is COC[C@@H]1CN(C(=N)N)CC12CCCCC2. The minimum atomic E-state index is 0.226. The van der Waals surface area contributed by atoms with Crippen LogP contribution in [0, 0.1) is 16.7 Å². The van der Waals surface area contributed by atoms with Crippen molar-refractivity contribution in [1.29, 1.82) is 5.41 Å². The maximum absolute atomic E-state index is 7.58. The third-order valence-corrected chi connectivity index (χ3v) is 4.37. The van der Waals surface area contributed by atoms with Crippen LogP contribution in [0.25, 0.3) is 0 Å². The van der Waals surface area contributed by atoms with E-state index in [1.165, 1.54) is 32.1 Å². The van der Waals surface area contributed by atoms with Gasteiger partial charge >= 0.3 is 0 Å². The Kier molecular flexibility index (Phi) is 3.38. The zero-order valence-electron chi connectivity index (χ0n) is 10.2. The van der Waals surface area contributed by atoms with Crippen LogP contribution in [0.2, 0.25) is 0 Å². The van der Waals surface area contributed by atoms with E-state index < -0.39 is 0 Å². The number of hydrogen-bond acceptors (Lipinski definition) is 2. The van der Waals surface area contributed by atoms with E-state index in [-0.39, 0.29) is 5.96 Å². The summed E-state index contributed by atoms with van der Waals surface area (Å²) in [6.45, 7) is 2.68. The second-order valence-electron chi connectivity index (χ2n) is 5.34. The number of methoxy groups -OCH3 is 1. The summed E-state index contributed by atoms with van der Waals surface area (Å²) in [6, 6.07) is 0. The van der Waals surface area contributed by atoms with E-state index in [0.29, 0.717) is 11.3 Å². The molecule has 2 aliphatic rings. The zero-order valence-corrected chi connectivity index (χ0v) is 10.2. The lowest BCUT2D eigenvalue weighted by molar-refractivity contribution is 0.0668. The van der Waals surface area contributed by atoms with Crippen molar-refractivity contribution in [3.63, 3.8) is 0 Å². The summed E-state index contributed by atoms with van der Waals surface area (Å²) in [4.78, 5) is 2.02. The molecule has 3 N–H and O–H groups in total. The van der Waals surface area contributed by atoms with Crippen LogP contribution in [0.1, 0.15) is 32.1 Å². The van der Waals surface area contributed by atoms with E-state index in [0.717, 1.165) is 19.7 Å². The molecule has 92 valence electrons. The largest absolute Gasteiger partial charge is 0.384 e. The summed E-state index contributed by atoms with van der Waals surface area (Å²) in [5, 5.41) is 7.58. The average Bonchev–Trinajstić information content (AvgIpc) is 2.60. The maximum Gasteiger partial charge on any atom is 0.188 e. The number of hydrogen-bond donors (Lipinski definition) is 2. The molecule has 0 unspecified atom stereocenters. The summed E-state index contributed by atoms with van der Waals surface area (Å²) in [6.07, 6.45) is 6.58. The molecule has 0 aromatic carbocycles. The van der Waals surface area contributed by atoms with Gasteiger partial charge in [-0.1, -0.05) is 19.3 Å². The standard InChI is InChI=1S/C12H23N3O/c1-16-8-10-7-15(11(13)14)9-12(10)5-3-2-4-6-12/h10H,2-9H2,1H3,(H3,13,14)/t10-/m0/s1. The van der Waals surface area contributed by atoms with E-state index in [2.05, 4.69) is 0 Å². The molecule has 4 nitrogen and oxygen atoms in total. The van der Waals surface area contributed by atoms with Gasteiger partial charge in [0.15, 0.2) is 5.96 Å². The molecule has 1 atom stereocenters. The van der Waals surface area contributed by atoms with Gasteiger partial charge in [0.05, 0.1) is 6.61 Å². The van der Waals surface area contributed by atoms with Crippen molar-refractivity contribution in [3.05, 3.63) is 0 Å². The van der Waals surface area contributed by atoms with E-state index in [4.69, 9.17) is 15.9 Å². The van der Waals surface area contributed by atoms with Gasteiger partial charge in [0.1, 0.15) is 0 Å². The lowest BCUT2D eigenvalue weighted by Gasteiger charge is -2.37. The summed E-state index contributed by atoms with van der Waals surface area (Å²) in [5.41, 5.74) is 5.99. The molecule has 4 heteroatoms. The highest BCUT2D eigenvalue weighted by Crippen LogP contribution is 2.47. The Balaban J connectivity index is 2.10. The molecule has 1 aliphatic carbocycles. The van der Waals surface area contributed by atoms with Crippen LogP contribution >= 0.6 is 0 Å². The van der Waals surface area contributed by atoms with Crippen LogP contribution in [0.4, 0.5) is 0 Å². The van der Waals surface area contributed by atoms with Crippen LogP contribution in [0.15, 0.2) is 0 Å². The van der Waals surface area contributed by atoms with E-state index in [9.17, 15) is 0 Å². The molecule has 2 rings (SSSR count). The quantitative estimate of drug-likeness (QED) is 0.551. The molecule has 0 bridgehead atoms. The Morgan fingerprint density at radius 2 is 2.12 bits per heavy atom. The first-order valence-corrected chi connectivity index (χ1v) is 6.26. The van der Waals surface area contributed by atoms with Gasteiger partial charge in [-0.05, 0) is 18.3 Å². The second-order valence-corrected chi connectivity index (χ2v) is 5.34. The molecule has 1 saturated carbocycles. The zero-order chi connectivity index (χ0) is 11.6. The van der Waals surface area contributed by atoms with Crippen LogP contribution in [-0.4, -0.2) is 37.7 Å². The van der Waals surface area contributed by atoms with Crippen LogP contribution in [-0.2, 0) is 4.74 Å². The fraction of sp³-hybridized carbons (Fsp3) is 0.917. The Morgan fingerprint density at radius 3 is 2.69 bits per heavy atom. The smallest absolute Gasteiger partial charge is 0.188 e. The van der Waals surface area contributed by atoms with Gasteiger partial charge in [-0.2, -0.15) is 0 Å². The highest BCUT2D eigenvalue weighted by atomic mass is 16.5. The third-order valence-electron chi connectivity index (χ3n) is 4.37. The predicted molar refractivity (Wildman–Crippen MR) is 64.4 cm³/mol. The molecule has 1 saturated heterocycles. The van der Waals surface area contributed by atoms with Crippen molar-refractivity contribution in [2.24, 2.45) is 17.1 Å². The van der Waals surface area contributed by atoms with Gasteiger partial charge in [0, 0.05) is 26.1 Å². The first-order chi connectivity index (χ1) is 7.68. The van der Waals surface area contributed by atoms with Crippen LogP contribution < -0.4 is 5.73 Å². The Hall–Kier alpha value is -0.770. The molecule has 0 aromatic rings. The van der Waals surface area contributed by atoms with E-state index in [1.54, 1.807) is 7.11 Å². The number of rotatable bonds is 2. The number of nitrogens with zero attached hydrogens (tertiary/aromatic N) is 1.